The highest BCUT2D eigenvalue weighted by Crippen LogP contribution is 2.32. The van der Waals surface area contributed by atoms with Gasteiger partial charge in [0, 0.05) is 11.1 Å². The van der Waals surface area contributed by atoms with Crippen LogP contribution in [0.3, 0.4) is 0 Å². The Morgan fingerprint density at radius 1 is 0.960 bits per heavy atom. The van der Waals surface area contributed by atoms with Crippen LogP contribution in [-0.4, -0.2) is 19.8 Å². The number of fused-ring (bicyclic) bond motifs is 1. The quantitative estimate of drug-likeness (QED) is 0.513. The summed E-state index contributed by atoms with van der Waals surface area (Å²) in [4.78, 5) is 0.591. The molecule has 0 N–H and O–H groups in total. The predicted octanol–water partition coefficient (Wildman–Crippen LogP) is 4.85. The van der Waals surface area contributed by atoms with Crippen molar-refractivity contribution in [3.05, 3.63) is 59.7 Å². The minimum absolute atomic E-state index is 0.416. The van der Waals surface area contributed by atoms with E-state index in [4.69, 9.17) is 0 Å². The number of nitrogens with zero attached hydrogens (tertiary/aromatic N) is 4. The Hall–Kier alpha value is -2.74. The number of rotatable bonds is 2. The van der Waals surface area contributed by atoms with E-state index in [0.717, 1.165) is 28.3 Å². The second kappa shape index (κ2) is 5.66. The van der Waals surface area contributed by atoms with E-state index in [0.29, 0.717) is 16.3 Å². The lowest BCUT2D eigenvalue weighted by Gasteiger charge is -2.06. The minimum Gasteiger partial charge on any atom is -0.182 e. The average Bonchev–Trinajstić information content (AvgIpc) is 3.15. The first-order valence-electron chi connectivity index (χ1n) is 7.39. The molecule has 25 heavy (non-hydrogen) atoms. The van der Waals surface area contributed by atoms with Crippen molar-refractivity contribution in [2.45, 2.75) is 13.1 Å². The molecule has 4 nitrogen and oxygen atoms in total. The van der Waals surface area contributed by atoms with Crippen LogP contribution in [0.4, 0.5) is 13.2 Å². The molecule has 0 aliphatic heterocycles. The molecule has 0 atom stereocenters. The van der Waals surface area contributed by atoms with Gasteiger partial charge in [-0.2, -0.15) is 22.8 Å². The smallest absolute Gasteiger partial charge is 0.182 e. The Bertz CT molecular complexity index is 1050. The maximum atomic E-state index is 12.7. The van der Waals surface area contributed by atoms with Gasteiger partial charge in [-0.1, -0.05) is 47.7 Å². The fourth-order valence-electron chi connectivity index (χ4n) is 2.53. The van der Waals surface area contributed by atoms with Crippen LogP contribution < -0.4 is 0 Å². The van der Waals surface area contributed by atoms with Crippen LogP contribution in [0.5, 0.6) is 0 Å². The zero-order valence-electron chi connectivity index (χ0n) is 12.9. The molecule has 0 saturated heterocycles. The summed E-state index contributed by atoms with van der Waals surface area (Å²) in [6.45, 7) is 1.99. The van der Waals surface area contributed by atoms with E-state index in [1.807, 2.05) is 31.2 Å². The highest BCUT2D eigenvalue weighted by atomic mass is 32.1. The van der Waals surface area contributed by atoms with Crippen molar-refractivity contribution in [1.82, 2.24) is 19.8 Å². The molecule has 0 aliphatic rings. The van der Waals surface area contributed by atoms with Gasteiger partial charge >= 0.3 is 6.18 Å². The molecule has 4 rings (SSSR count). The molecule has 8 heteroatoms. The number of benzene rings is 2. The van der Waals surface area contributed by atoms with Gasteiger partial charge in [-0.15, -0.1) is 10.2 Å². The van der Waals surface area contributed by atoms with Gasteiger partial charge in [0.05, 0.1) is 5.56 Å². The summed E-state index contributed by atoms with van der Waals surface area (Å²) in [5.41, 5.74) is 1.91. The number of aryl methyl sites for hydroxylation is 1. The molecular formula is C17H11F3N4S. The Morgan fingerprint density at radius 3 is 2.36 bits per heavy atom. The summed E-state index contributed by atoms with van der Waals surface area (Å²) in [5, 5.41) is 13.5. The van der Waals surface area contributed by atoms with Gasteiger partial charge in [-0.25, -0.2) is 0 Å². The fraction of sp³-hybridized carbons (Fsp3) is 0.118. The minimum atomic E-state index is -4.36. The van der Waals surface area contributed by atoms with Gasteiger partial charge in [0.1, 0.15) is 5.01 Å². The maximum Gasteiger partial charge on any atom is 0.416 e. The Morgan fingerprint density at radius 2 is 1.68 bits per heavy atom. The van der Waals surface area contributed by atoms with Gasteiger partial charge in [-0.3, -0.25) is 0 Å². The Labute approximate surface area is 144 Å². The standard InChI is InChI=1S/C17H11F3N4S/c1-10-4-2-3-5-13(10)15-23-24-14(21-22-16(24)25-15)11-6-8-12(9-7-11)17(18,19)20/h2-9H,1H3. The van der Waals surface area contributed by atoms with E-state index >= 15 is 0 Å². The first-order valence-corrected chi connectivity index (χ1v) is 8.21. The van der Waals surface area contributed by atoms with Gasteiger partial charge in [0.2, 0.25) is 4.96 Å². The SMILES string of the molecule is Cc1ccccc1-c1nn2c(-c3ccc(C(F)(F)F)cc3)nnc2s1. The molecule has 0 bridgehead atoms. The van der Waals surface area contributed by atoms with Crippen molar-refractivity contribution in [3.63, 3.8) is 0 Å². The van der Waals surface area contributed by atoms with Crippen LogP contribution in [0.2, 0.25) is 0 Å². The molecule has 0 fully saturated rings. The van der Waals surface area contributed by atoms with Gasteiger partial charge in [0.25, 0.3) is 0 Å². The van der Waals surface area contributed by atoms with Gasteiger partial charge in [0.15, 0.2) is 5.82 Å². The van der Waals surface area contributed by atoms with Crippen molar-refractivity contribution in [1.29, 1.82) is 0 Å². The van der Waals surface area contributed by atoms with Gasteiger partial charge in [-0.05, 0) is 24.6 Å². The molecule has 0 unspecified atom stereocenters. The highest BCUT2D eigenvalue weighted by molar-refractivity contribution is 7.19. The third kappa shape index (κ3) is 2.78. The summed E-state index contributed by atoms with van der Waals surface area (Å²) in [5.74, 6) is 0.416. The van der Waals surface area contributed by atoms with Gasteiger partial charge < -0.3 is 0 Å². The molecule has 0 amide bonds. The fourth-order valence-corrected chi connectivity index (χ4v) is 3.46. The molecule has 4 aromatic rings. The molecule has 0 radical (unpaired) electrons. The van der Waals surface area contributed by atoms with E-state index in [1.54, 1.807) is 4.52 Å². The molecule has 126 valence electrons. The van der Waals surface area contributed by atoms with Crippen molar-refractivity contribution < 1.29 is 13.2 Å². The zero-order valence-corrected chi connectivity index (χ0v) is 13.8. The van der Waals surface area contributed by atoms with E-state index in [2.05, 4.69) is 15.3 Å². The summed E-state index contributed by atoms with van der Waals surface area (Å²) in [7, 11) is 0. The molecule has 2 aromatic heterocycles. The van der Waals surface area contributed by atoms with Crippen molar-refractivity contribution in [2.24, 2.45) is 0 Å². The number of aromatic nitrogens is 4. The van der Waals surface area contributed by atoms with Crippen molar-refractivity contribution in [2.75, 3.05) is 0 Å². The maximum absolute atomic E-state index is 12.7. The molecule has 0 spiro atoms. The van der Waals surface area contributed by atoms with Crippen LogP contribution in [-0.2, 0) is 6.18 Å². The van der Waals surface area contributed by atoms with Crippen LogP contribution in [0.1, 0.15) is 11.1 Å². The molecule has 0 saturated carbocycles. The van der Waals surface area contributed by atoms with Crippen LogP contribution >= 0.6 is 11.3 Å². The largest absolute Gasteiger partial charge is 0.416 e. The predicted molar refractivity (Wildman–Crippen MR) is 89.3 cm³/mol. The third-order valence-corrected chi connectivity index (χ3v) is 4.77. The normalized spacial score (nSPS) is 12.0. The summed E-state index contributed by atoms with van der Waals surface area (Å²) in [6.07, 6.45) is -4.36. The lowest BCUT2D eigenvalue weighted by atomic mass is 10.1. The van der Waals surface area contributed by atoms with E-state index in [-0.39, 0.29) is 0 Å². The van der Waals surface area contributed by atoms with E-state index in [9.17, 15) is 13.2 Å². The number of halogens is 3. The van der Waals surface area contributed by atoms with Crippen LogP contribution in [0, 0.1) is 6.92 Å². The second-order valence-corrected chi connectivity index (χ2v) is 6.47. The number of hydrogen-bond donors (Lipinski definition) is 0. The summed E-state index contributed by atoms with van der Waals surface area (Å²) < 4.78 is 39.7. The lowest BCUT2D eigenvalue weighted by Crippen LogP contribution is -2.04. The average molecular weight is 360 g/mol. The molecule has 2 heterocycles. The van der Waals surface area contributed by atoms with E-state index < -0.39 is 11.7 Å². The molecule has 2 aromatic carbocycles. The lowest BCUT2D eigenvalue weighted by molar-refractivity contribution is -0.137. The van der Waals surface area contributed by atoms with Crippen LogP contribution in [0.15, 0.2) is 48.5 Å². The topological polar surface area (TPSA) is 43.1 Å². The highest BCUT2D eigenvalue weighted by Gasteiger charge is 2.30. The number of alkyl halides is 3. The summed E-state index contributed by atoms with van der Waals surface area (Å²) >= 11 is 1.39. The Balaban J connectivity index is 1.78. The van der Waals surface area contributed by atoms with E-state index in [1.165, 1.54) is 23.5 Å². The number of hydrogen-bond acceptors (Lipinski definition) is 4. The molecule has 0 aliphatic carbocycles. The second-order valence-electron chi connectivity index (χ2n) is 5.52. The molecular weight excluding hydrogens is 349 g/mol. The third-order valence-electron chi connectivity index (χ3n) is 3.84. The summed E-state index contributed by atoms with van der Waals surface area (Å²) in [6, 6.07) is 12.7. The van der Waals surface area contributed by atoms with Crippen molar-refractivity contribution >= 4 is 16.3 Å². The zero-order chi connectivity index (χ0) is 17.6. The first kappa shape index (κ1) is 15.8. The monoisotopic (exact) mass is 360 g/mol. The Kier molecular flexibility index (Phi) is 3.57. The first-order chi connectivity index (χ1) is 11.9. The van der Waals surface area contributed by atoms with Crippen molar-refractivity contribution in [3.8, 4) is 22.0 Å². The van der Waals surface area contributed by atoms with Crippen LogP contribution in [0.25, 0.3) is 26.9 Å².